The maximum absolute atomic E-state index is 9.40. The van der Waals surface area contributed by atoms with E-state index in [2.05, 4.69) is 34.6 Å². The zero-order valence-corrected chi connectivity index (χ0v) is 10.8. The van der Waals surface area contributed by atoms with Gasteiger partial charge in [-0.15, -0.1) is 0 Å². The van der Waals surface area contributed by atoms with E-state index in [0.29, 0.717) is 12.0 Å². The Morgan fingerprint density at radius 1 is 1.40 bits per heavy atom. The van der Waals surface area contributed by atoms with Gasteiger partial charge < -0.3 is 9.84 Å². The highest BCUT2D eigenvalue weighted by Gasteiger charge is 2.35. The van der Waals surface area contributed by atoms with Gasteiger partial charge in [0.15, 0.2) is 0 Å². The number of rotatable bonds is 3. The SMILES string of the molecule is CC1(C)CCC(CC(CO)C(C)(C)C)O1. The summed E-state index contributed by atoms with van der Waals surface area (Å²) in [6.45, 7) is 11.1. The molecular weight excluding hydrogens is 188 g/mol. The van der Waals surface area contributed by atoms with Crippen LogP contribution in [0, 0.1) is 11.3 Å². The van der Waals surface area contributed by atoms with Gasteiger partial charge in [0.1, 0.15) is 0 Å². The number of aliphatic hydroxyl groups is 1. The van der Waals surface area contributed by atoms with Crippen LogP contribution in [0.3, 0.4) is 0 Å². The van der Waals surface area contributed by atoms with Gasteiger partial charge in [0, 0.05) is 6.61 Å². The van der Waals surface area contributed by atoms with Gasteiger partial charge in [-0.3, -0.25) is 0 Å². The summed E-state index contributed by atoms with van der Waals surface area (Å²) in [5, 5.41) is 9.40. The molecule has 1 rings (SSSR count). The van der Waals surface area contributed by atoms with E-state index in [-0.39, 0.29) is 17.6 Å². The summed E-state index contributed by atoms with van der Waals surface area (Å²) in [6, 6.07) is 0. The van der Waals surface area contributed by atoms with Crippen LogP contribution in [0.2, 0.25) is 0 Å². The van der Waals surface area contributed by atoms with Gasteiger partial charge >= 0.3 is 0 Å². The van der Waals surface area contributed by atoms with Crippen molar-refractivity contribution in [3.63, 3.8) is 0 Å². The first kappa shape index (κ1) is 13.0. The molecule has 1 aliphatic heterocycles. The first-order valence-corrected chi connectivity index (χ1v) is 6.03. The van der Waals surface area contributed by atoms with Gasteiger partial charge in [-0.05, 0) is 44.4 Å². The van der Waals surface area contributed by atoms with Crippen molar-refractivity contribution in [3.8, 4) is 0 Å². The molecule has 2 nitrogen and oxygen atoms in total. The van der Waals surface area contributed by atoms with Crippen LogP contribution in [-0.2, 0) is 4.74 Å². The highest BCUT2D eigenvalue weighted by Crippen LogP contribution is 2.36. The van der Waals surface area contributed by atoms with Crippen LogP contribution in [0.25, 0.3) is 0 Å². The van der Waals surface area contributed by atoms with E-state index in [4.69, 9.17) is 4.74 Å². The van der Waals surface area contributed by atoms with Crippen LogP contribution in [0.5, 0.6) is 0 Å². The van der Waals surface area contributed by atoms with Crippen LogP contribution in [0.1, 0.15) is 53.9 Å². The minimum Gasteiger partial charge on any atom is -0.396 e. The van der Waals surface area contributed by atoms with E-state index in [9.17, 15) is 5.11 Å². The van der Waals surface area contributed by atoms with Crippen molar-refractivity contribution in [2.24, 2.45) is 11.3 Å². The van der Waals surface area contributed by atoms with Gasteiger partial charge in [-0.1, -0.05) is 20.8 Å². The van der Waals surface area contributed by atoms with Crippen molar-refractivity contribution in [1.82, 2.24) is 0 Å². The molecule has 0 bridgehead atoms. The second kappa shape index (κ2) is 4.42. The Morgan fingerprint density at radius 3 is 2.33 bits per heavy atom. The Morgan fingerprint density at radius 2 is 2.00 bits per heavy atom. The van der Waals surface area contributed by atoms with E-state index >= 15 is 0 Å². The molecule has 90 valence electrons. The Kier molecular flexibility index (Phi) is 3.83. The molecule has 0 radical (unpaired) electrons. The quantitative estimate of drug-likeness (QED) is 0.782. The molecule has 1 N–H and O–H groups in total. The predicted octanol–water partition coefficient (Wildman–Crippen LogP) is 2.99. The lowest BCUT2D eigenvalue weighted by Gasteiger charge is -2.31. The number of hydrogen-bond donors (Lipinski definition) is 1. The second-order valence-corrected chi connectivity index (χ2v) is 6.52. The van der Waals surface area contributed by atoms with Crippen LogP contribution in [0.4, 0.5) is 0 Å². The Bertz CT molecular complexity index is 203. The molecule has 2 heteroatoms. The van der Waals surface area contributed by atoms with Gasteiger partial charge in [0.05, 0.1) is 11.7 Å². The molecule has 15 heavy (non-hydrogen) atoms. The molecule has 2 atom stereocenters. The van der Waals surface area contributed by atoms with E-state index in [1.807, 2.05) is 0 Å². The van der Waals surface area contributed by atoms with Gasteiger partial charge in [-0.2, -0.15) is 0 Å². The summed E-state index contributed by atoms with van der Waals surface area (Å²) < 4.78 is 5.97. The summed E-state index contributed by atoms with van der Waals surface area (Å²) in [4.78, 5) is 0. The predicted molar refractivity (Wildman–Crippen MR) is 62.8 cm³/mol. The van der Waals surface area contributed by atoms with E-state index in [1.54, 1.807) is 0 Å². The number of ether oxygens (including phenoxy) is 1. The Labute approximate surface area is 94.0 Å². The molecule has 0 saturated carbocycles. The molecule has 0 aromatic heterocycles. The smallest absolute Gasteiger partial charge is 0.0631 e. The van der Waals surface area contributed by atoms with E-state index in [1.165, 1.54) is 0 Å². The van der Waals surface area contributed by atoms with Gasteiger partial charge in [0.25, 0.3) is 0 Å². The summed E-state index contributed by atoms with van der Waals surface area (Å²) in [5.41, 5.74) is 0.216. The molecule has 0 spiro atoms. The normalized spacial score (nSPS) is 28.0. The standard InChI is InChI=1S/C13H26O2/c1-12(2,3)10(9-14)8-11-6-7-13(4,5)15-11/h10-11,14H,6-9H2,1-5H3. The number of hydrogen-bond acceptors (Lipinski definition) is 2. The van der Waals surface area contributed by atoms with Crippen LogP contribution >= 0.6 is 0 Å². The largest absolute Gasteiger partial charge is 0.396 e. The van der Waals surface area contributed by atoms with Crippen molar-refractivity contribution < 1.29 is 9.84 Å². The summed E-state index contributed by atoms with van der Waals surface area (Å²) in [6.07, 6.45) is 3.61. The zero-order chi connectivity index (χ0) is 11.7. The molecule has 1 saturated heterocycles. The highest BCUT2D eigenvalue weighted by molar-refractivity contribution is 4.84. The molecule has 0 aromatic rings. The first-order chi connectivity index (χ1) is 6.74. The Balaban J connectivity index is 2.48. The summed E-state index contributed by atoms with van der Waals surface area (Å²) >= 11 is 0. The van der Waals surface area contributed by atoms with Crippen LogP contribution < -0.4 is 0 Å². The summed E-state index contributed by atoms with van der Waals surface area (Å²) in [5.74, 6) is 0.344. The van der Waals surface area contributed by atoms with Crippen molar-refractivity contribution in [3.05, 3.63) is 0 Å². The van der Waals surface area contributed by atoms with Gasteiger partial charge in [-0.25, -0.2) is 0 Å². The lowest BCUT2D eigenvalue weighted by Crippen LogP contribution is -2.29. The maximum Gasteiger partial charge on any atom is 0.0631 e. The zero-order valence-electron chi connectivity index (χ0n) is 10.8. The third-order valence-electron chi connectivity index (χ3n) is 3.55. The number of aliphatic hydroxyl groups excluding tert-OH is 1. The molecule has 1 fully saturated rings. The third kappa shape index (κ3) is 3.76. The average Bonchev–Trinajstić information content (AvgIpc) is 2.39. The molecule has 0 aromatic carbocycles. The third-order valence-corrected chi connectivity index (χ3v) is 3.55. The minimum atomic E-state index is 0.0442. The minimum absolute atomic E-state index is 0.0442. The molecule has 0 amide bonds. The molecule has 1 aliphatic rings. The highest BCUT2D eigenvalue weighted by atomic mass is 16.5. The molecule has 0 aliphatic carbocycles. The summed E-state index contributed by atoms with van der Waals surface area (Å²) in [7, 11) is 0. The van der Waals surface area contributed by atoms with Crippen LogP contribution in [0.15, 0.2) is 0 Å². The van der Waals surface area contributed by atoms with Crippen molar-refractivity contribution >= 4 is 0 Å². The van der Waals surface area contributed by atoms with E-state index < -0.39 is 0 Å². The molecule has 1 heterocycles. The first-order valence-electron chi connectivity index (χ1n) is 6.03. The second-order valence-electron chi connectivity index (χ2n) is 6.52. The fraction of sp³-hybridized carbons (Fsp3) is 1.00. The monoisotopic (exact) mass is 214 g/mol. The van der Waals surface area contributed by atoms with E-state index in [0.717, 1.165) is 19.3 Å². The Hall–Kier alpha value is -0.0800. The van der Waals surface area contributed by atoms with Crippen molar-refractivity contribution in [2.45, 2.75) is 65.6 Å². The maximum atomic E-state index is 9.40. The van der Waals surface area contributed by atoms with Crippen molar-refractivity contribution in [2.75, 3.05) is 6.61 Å². The molecule has 2 unspecified atom stereocenters. The fourth-order valence-corrected chi connectivity index (χ4v) is 2.26. The fourth-order valence-electron chi connectivity index (χ4n) is 2.26. The topological polar surface area (TPSA) is 29.5 Å². The van der Waals surface area contributed by atoms with Crippen LogP contribution in [-0.4, -0.2) is 23.4 Å². The average molecular weight is 214 g/mol. The lowest BCUT2D eigenvalue weighted by atomic mass is 9.78. The van der Waals surface area contributed by atoms with Gasteiger partial charge in [0.2, 0.25) is 0 Å². The lowest BCUT2D eigenvalue weighted by molar-refractivity contribution is -0.0375. The van der Waals surface area contributed by atoms with Crippen molar-refractivity contribution in [1.29, 1.82) is 0 Å². The molecular formula is C13H26O2.